The van der Waals surface area contributed by atoms with Crippen molar-refractivity contribution in [3.63, 3.8) is 0 Å². The summed E-state index contributed by atoms with van der Waals surface area (Å²) >= 11 is 0. The molecule has 0 saturated heterocycles. The van der Waals surface area contributed by atoms with E-state index in [2.05, 4.69) is 261 Å². The van der Waals surface area contributed by atoms with Crippen molar-refractivity contribution < 1.29 is 0 Å². The SMILES string of the molecule is C=C/C=C(\C=C)c1ccc(N(c2ccc(-c3ccccc3)cc2)c2ccc(-c3ccc(N(c4ccc(C(/C=C\C)=C/CC)cc4)c4ccc(-c5ccccc5)cc4)cc3)cc2)cc1. The van der Waals surface area contributed by atoms with Crippen LogP contribution in [0.1, 0.15) is 31.4 Å². The van der Waals surface area contributed by atoms with Gasteiger partial charge in [-0.05, 0) is 142 Å². The Morgan fingerprint density at radius 3 is 0.984 bits per heavy atom. The van der Waals surface area contributed by atoms with Crippen molar-refractivity contribution in [2.24, 2.45) is 0 Å². The maximum absolute atomic E-state index is 4.01. The molecule has 0 saturated carbocycles. The molecule has 0 bridgehead atoms. The van der Waals surface area contributed by atoms with E-state index >= 15 is 0 Å². The maximum Gasteiger partial charge on any atom is 0.0462 e. The summed E-state index contributed by atoms with van der Waals surface area (Å²) in [6.45, 7) is 12.1. The first-order valence-corrected chi connectivity index (χ1v) is 21.7. The minimum absolute atomic E-state index is 0.983. The standard InChI is InChI=1S/C61H52N2/c1-5-15-46(8-4)50-22-34-56(35-23-50)62(58-38-26-52(27-39-58)48-18-11-9-12-19-48)60-42-30-54(31-43-60)55-32-44-61(45-33-55)63(57-36-24-51(25-37-57)47(16-6-2)17-7-3)59-40-28-53(29-41-59)49-20-13-10-14-21-49/h5-6,8-45H,1,4,7H2,2-3H3/b16-6-,46-15+,47-17+. The molecule has 306 valence electrons. The Morgan fingerprint density at radius 2 is 0.698 bits per heavy atom. The van der Waals surface area contributed by atoms with Gasteiger partial charge in [-0.2, -0.15) is 0 Å². The number of nitrogens with zero attached hydrogens (tertiary/aromatic N) is 2. The molecular formula is C61H52N2. The average Bonchev–Trinajstić information content (AvgIpc) is 3.35. The highest BCUT2D eigenvalue weighted by molar-refractivity contribution is 5.84. The lowest BCUT2D eigenvalue weighted by Gasteiger charge is -2.27. The van der Waals surface area contributed by atoms with Gasteiger partial charge in [-0.15, -0.1) is 0 Å². The topological polar surface area (TPSA) is 6.48 Å². The van der Waals surface area contributed by atoms with E-state index in [0.717, 1.165) is 62.8 Å². The van der Waals surface area contributed by atoms with Crippen LogP contribution in [-0.2, 0) is 0 Å². The molecule has 8 aromatic rings. The van der Waals surface area contributed by atoms with Crippen LogP contribution >= 0.6 is 0 Å². The van der Waals surface area contributed by atoms with Gasteiger partial charge in [0.1, 0.15) is 0 Å². The molecule has 0 amide bonds. The summed E-state index contributed by atoms with van der Waals surface area (Å²) in [7, 11) is 0. The highest BCUT2D eigenvalue weighted by Crippen LogP contribution is 2.40. The Morgan fingerprint density at radius 1 is 0.397 bits per heavy atom. The van der Waals surface area contributed by atoms with Gasteiger partial charge >= 0.3 is 0 Å². The zero-order chi connectivity index (χ0) is 43.4. The summed E-state index contributed by atoms with van der Waals surface area (Å²) in [4.78, 5) is 4.64. The molecule has 0 aliphatic rings. The van der Waals surface area contributed by atoms with E-state index in [1.54, 1.807) is 6.08 Å². The lowest BCUT2D eigenvalue weighted by molar-refractivity contribution is 1.23. The summed E-state index contributed by atoms with van der Waals surface area (Å²) < 4.78 is 0. The van der Waals surface area contributed by atoms with E-state index in [9.17, 15) is 0 Å². The van der Waals surface area contributed by atoms with Crippen LogP contribution in [0.3, 0.4) is 0 Å². The van der Waals surface area contributed by atoms with Crippen LogP contribution in [0.4, 0.5) is 34.1 Å². The van der Waals surface area contributed by atoms with Gasteiger partial charge in [-0.3, -0.25) is 0 Å². The third-order valence-corrected chi connectivity index (χ3v) is 11.3. The smallest absolute Gasteiger partial charge is 0.0462 e. The Balaban J connectivity index is 1.11. The molecule has 0 spiro atoms. The zero-order valence-corrected chi connectivity index (χ0v) is 36.1. The first-order chi connectivity index (χ1) is 31.1. The minimum Gasteiger partial charge on any atom is -0.311 e. The first-order valence-electron chi connectivity index (χ1n) is 21.7. The van der Waals surface area contributed by atoms with E-state index < -0.39 is 0 Å². The fraction of sp³-hybridized carbons (Fsp3) is 0.0492. The van der Waals surface area contributed by atoms with Gasteiger partial charge < -0.3 is 9.80 Å². The molecule has 0 N–H and O–H groups in total. The van der Waals surface area contributed by atoms with Crippen LogP contribution in [-0.4, -0.2) is 0 Å². The number of hydrogen-bond acceptors (Lipinski definition) is 2. The molecule has 0 fully saturated rings. The van der Waals surface area contributed by atoms with Gasteiger partial charge in [0.2, 0.25) is 0 Å². The van der Waals surface area contributed by atoms with Gasteiger partial charge in [-0.25, -0.2) is 0 Å². The third-order valence-electron chi connectivity index (χ3n) is 11.3. The van der Waals surface area contributed by atoms with Crippen molar-refractivity contribution >= 4 is 45.3 Å². The van der Waals surface area contributed by atoms with Crippen molar-refractivity contribution in [3.05, 3.63) is 267 Å². The Kier molecular flexibility index (Phi) is 13.3. The van der Waals surface area contributed by atoms with E-state index in [1.165, 1.54) is 33.4 Å². The summed E-state index contributed by atoms with van der Waals surface area (Å²) in [5.74, 6) is 0. The second-order valence-electron chi connectivity index (χ2n) is 15.3. The minimum atomic E-state index is 0.983. The Labute approximate surface area is 374 Å². The molecule has 0 aliphatic heterocycles. The van der Waals surface area contributed by atoms with Crippen molar-refractivity contribution in [2.75, 3.05) is 9.80 Å². The normalized spacial score (nSPS) is 11.7. The van der Waals surface area contributed by atoms with E-state index in [-0.39, 0.29) is 0 Å². The average molecular weight is 813 g/mol. The lowest BCUT2D eigenvalue weighted by Crippen LogP contribution is -2.10. The molecule has 2 heteroatoms. The largest absolute Gasteiger partial charge is 0.311 e. The van der Waals surface area contributed by atoms with Crippen LogP contribution in [0.5, 0.6) is 0 Å². The number of rotatable bonds is 15. The van der Waals surface area contributed by atoms with Gasteiger partial charge in [0.15, 0.2) is 0 Å². The van der Waals surface area contributed by atoms with Crippen molar-refractivity contribution in [1.82, 2.24) is 0 Å². The zero-order valence-electron chi connectivity index (χ0n) is 36.1. The lowest BCUT2D eigenvalue weighted by atomic mass is 10.0. The number of benzene rings is 8. The van der Waals surface area contributed by atoms with Gasteiger partial charge in [0.25, 0.3) is 0 Å². The molecule has 0 unspecified atom stereocenters. The second kappa shape index (κ2) is 20.1. The molecule has 0 atom stereocenters. The molecule has 0 heterocycles. The Bertz CT molecular complexity index is 2830. The van der Waals surface area contributed by atoms with E-state index in [0.29, 0.717) is 0 Å². The van der Waals surface area contributed by atoms with Gasteiger partial charge in [0.05, 0.1) is 0 Å². The fourth-order valence-corrected chi connectivity index (χ4v) is 8.06. The molecule has 0 radical (unpaired) electrons. The van der Waals surface area contributed by atoms with Crippen LogP contribution in [0, 0.1) is 0 Å². The quantitative estimate of drug-likeness (QED) is 0.0952. The van der Waals surface area contributed by atoms with E-state index in [4.69, 9.17) is 0 Å². The third kappa shape index (κ3) is 9.67. The second-order valence-corrected chi connectivity index (χ2v) is 15.3. The maximum atomic E-state index is 4.01. The highest BCUT2D eigenvalue weighted by Gasteiger charge is 2.16. The van der Waals surface area contributed by atoms with Crippen molar-refractivity contribution in [3.8, 4) is 33.4 Å². The summed E-state index contributed by atoms with van der Waals surface area (Å²) in [5, 5.41) is 0. The van der Waals surface area contributed by atoms with E-state index in [1.807, 2.05) is 12.2 Å². The summed E-state index contributed by atoms with van der Waals surface area (Å²) in [6, 6.07) is 74.0. The van der Waals surface area contributed by atoms with Crippen molar-refractivity contribution in [1.29, 1.82) is 0 Å². The number of allylic oxidation sites excluding steroid dienone is 8. The van der Waals surface area contributed by atoms with Crippen LogP contribution in [0.15, 0.2) is 256 Å². The molecule has 8 rings (SSSR count). The number of hydrogen-bond donors (Lipinski definition) is 0. The molecule has 8 aromatic carbocycles. The van der Waals surface area contributed by atoms with Crippen molar-refractivity contribution in [2.45, 2.75) is 20.3 Å². The predicted octanol–water partition coefficient (Wildman–Crippen LogP) is 17.8. The molecular weight excluding hydrogens is 761 g/mol. The fourth-order valence-electron chi connectivity index (χ4n) is 8.06. The molecule has 0 aliphatic carbocycles. The summed E-state index contributed by atoms with van der Waals surface area (Å²) in [5.41, 5.74) is 18.1. The monoisotopic (exact) mass is 812 g/mol. The van der Waals surface area contributed by atoms with Crippen LogP contribution in [0.25, 0.3) is 44.5 Å². The predicted molar refractivity (Wildman–Crippen MR) is 274 cm³/mol. The van der Waals surface area contributed by atoms with Gasteiger partial charge in [-0.1, -0.05) is 190 Å². The van der Waals surface area contributed by atoms with Crippen LogP contribution < -0.4 is 9.80 Å². The van der Waals surface area contributed by atoms with Gasteiger partial charge in [0, 0.05) is 34.1 Å². The number of anilines is 6. The summed E-state index contributed by atoms with van der Waals surface area (Å²) in [6.07, 6.45) is 13.2. The molecule has 0 aromatic heterocycles. The molecule has 2 nitrogen and oxygen atoms in total. The Hall–Kier alpha value is -7.94. The molecule has 63 heavy (non-hydrogen) atoms. The van der Waals surface area contributed by atoms with Crippen LogP contribution in [0.2, 0.25) is 0 Å². The highest BCUT2D eigenvalue weighted by atomic mass is 15.1. The first kappa shape index (κ1) is 41.8.